The summed E-state index contributed by atoms with van der Waals surface area (Å²) in [6.07, 6.45) is 9.82. The van der Waals surface area contributed by atoms with E-state index in [9.17, 15) is 5.11 Å². The van der Waals surface area contributed by atoms with Gasteiger partial charge >= 0.3 is 0 Å². The first-order valence-electron chi connectivity index (χ1n) is 8.05. The van der Waals surface area contributed by atoms with Crippen LogP contribution in [0.5, 0.6) is 0 Å². The van der Waals surface area contributed by atoms with Gasteiger partial charge in [-0.05, 0) is 67.4 Å². The van der Waals surface area contributed by atoms with E-state index in [0.717, 1.165) is 25.2 Å². The van der Waals surface area contributed by atoms with Crippen LogP contribution in [0, 0.1) is 17.8 Å². The molecule has 3 aliphatic rings. The second kappa shape index (κ2) is 4.34. The van der Waals surface area contributed by atoms with Gasteiger partial charge < -0.3 is 5.11 Å². The van der Waals surface area contributed by atoms with E-state index in [1.807, 2.05) is 0 Å². The number of hydrogen-bond acceptors (Lipinski definition) is 1. The molecule has 1 aromatic carbocycles. The van der Waals surface area contributed by atoms with Gasteiger partial charge in [-0.25, -0.2) is 0 Å². The molecule has 0 spiro atoms. The van der Waals surface area contributed by atoms with Gasteiger partial charge in [-0.2, -0.15) is 0 Å². The Kier molecular flexibility index (Phi) is 2.73. The molecule has 2 fully saturated rings. The van der Waals surface area contributed by atoms with Gasteiger partial charge in [0.25, 0.3) is 0 Å². The Morgan fingerprint density at radius 1 is 0.947 bits per heavy atom. The summed E-state index contributed by atoms with van der Waals surface area (Å²) < 4.78 is 0. The van der Waals surface area contributed by atoms with Crippen molar-refractivity contribution in [1.82, 2.24) is 0 Å². The Balaban J connectivity index is 1.61. The molecule has 4 rings (SSSR count). The fraction of sp³-hybridized carbons (Fsp3) is 0.667. The van der Waals surface area contributed by atoms with Crippen LogP contribution in [0.15, 0.2) is 24.3 Å². The Morgan fingerprint density at radius 2 is 1.53 bits per heavy atom. The van der Waals surface area contributed by atoms with Crippen molar-refractivity contribution < 1.29 is 5.11 Å². The lowest BCUT2D eigenvalue weighted by Gasteiger charge is -2.34. The first kappa shape index (κ1) is 12.0. The standard InChI is InChI=1S/C18H24O/c19-18(10-9-13-5-6-13)16-7-8-17(18)12-15-4-2-1-3-14(15)11-16/h1-4,13,16-17,19H,5-12H2. The van der Waals surface area contributed by atoms with Crippen LogP contribution in [-0.2, 0) is 12.8 Å². The topological polar surface area (TPSA) is 20.2 Å². The predicted molar refractivity (Wildman–Crippen MR) is 77.0 cm³/mol. The minimum absolute atomic E-state index is 0.360. The first-order chi connectivity index (χ1) is 9.25. The quantitative estimate of drug-likeness (QED) is 0.873. The second-order valence-electron chi connectivity index (χ2n) is 7.12. The van der Waals surface area contributed by atoms with Crippen LogP contribution in [0.3, 0.4) is 0 Å². The lowest BCUT2D eigenvalue weighted by molar-refractivity contribution is -0.0433. The van der Waals surface area contributed by atoms with Crippen LogP contribution in [0.4, 0.5) is 0 Å². The van der Waals surface area contributed by atoms with E-state index in [2.05, 4.69) is 24.3 Å². The molecule has 102 valence electrons. The lowest BCUT2D eigenvalue weighted by Crippen LogP contribution is -2.40. The summed E-state index contributed by atoms with van der Waals surface area (Å²) in [5, 5.41) is 11.3. The van der Waals surface area contributed by atoms with Crippen molar-refractivity contribution in [3.63, 3.8) is 0 Å². The fourth-order valence-electron chi connectivity index (χ4n) is 4.53. The average Bonchev–Trinajstić information content (AvgIpc) is 3.17. The van der Waals surface area contributed by atoms with Gasteiger partial charge in [0.1, 0.15) is 0 Å². The largest absolute Gasteiger partial charge is 0.389 e. The van der Waals surface area contributed by atoms with Crippen molar-refractivity contribution in [3.8, 4) is 0 Å². The van der Waals surface area contributed by atoms with E-state index in [0.29, 0.717) is 11.8 Å². The molecular formula is C18H24O. The number of benzene rings is 1. The Bertz CT molecular complexity index is 441. The molecule has 0 radical (unpaired) electrons. The van der Waals surface area contributed by atoms with Gasteiger partial charge in [-0.15, -0.1) is 0 Å². The maximum Gasteiger partial charge on any atom is 0.0710 e. The zero-order chi connectivity index (χ0) is 12.9. The van der Waals surface area contributed by atoms with Crippen molar-refractivity contribution in [3.05, 3.63) is 35.4 Å². The molecule has 0 aliphatic heterocycles. The van der Waals surface area contributed by atoms with Crippen molar-refractivity contribution >= 4 is 0 Å². The van der Waals surface area contributed by atoms with Gasteiger partial charge in [-0.1, -0.05) is 37.1 Å². The molecule has 0 aromatic heterocycles. The maximum atomic E-state index is 11.3. The molecule has 0 saturated heterocycles. The highest BCUT2D eigenvalue weighted by Gasteiger charge is 2.50. The average molecular weight is 256 g/mol. The fourth-order valence-corrected chi connectivity index (χ4v) is 4.53. The number of aliphatic hydroxyl groups is 1. The van der Waals surface area contributed by atoms with Crippen molar-refractivity contribution in [2.45, 2.75) is 57.0 Å². The minimum Gasteiger partial charge on any atom is -0.389 e. The van der Waals surface area contributed by atoms with Crippen LogP contribution in [0.2, 0.25) is 0 Å². The molecule has 0 amide bonds. The summed E-state index contributed by atoms with van der Waals surface area (Å²) in [5.41, 5.74) is 2.64. The molecule has 0 heterocycles. The van der Waals surface area contributed by atoms with E-state index < -0.39 is 0 Å². The molecule has 1 heteroatoms. The molecule has 2 atom stereocenters. The highest BCUT2D eigenvalue weighted by atomic mass is 16.3. The van der Waals surface area contributed by atoms with Gasteiger partial charge in [0, 0.05) is 0 Å². The SMILES string of the molecule is OC1(CCC2CC2)C2CCC1Cc1ccccc1C2. The number of rotatable bonds is 3. The number of fused-ring (bicyclic) bond motifs is 3. The smallest absolute Gasteiger partial charge is 0.0710 e. The number of hydrogen-bond donors (Lipinski definition) is 1. The molecule has 2 saturated carbocycles. The monoisotopic (exact) mass is 256 g/mol. The maximum absolute atomic E-state index is 11.3. The van der Waals surface area contributed by atoms with Crippen LogP contribution in [-0.4, -0.2) is 10.7 Å². The summed E-state index contributed by atoms with van der Waals surface area (Å²) in [5.74, 6) is 1.97. The summed E-state index contributed by atoms with van der Waals surface area (Å²) in [4.78, 5) is 0. The van der Waals surface area contributed by atoms with Crippen molar-refractivity contribution in [2.24, 2.45) is 17.8 Å². The highest BCUT2D eigenvalue weighted by Crippen LogP contribution is 2.50. The molecule has 19 heavy (non-hydrogen) atoms. The van der Waals surface area contributed by atoms with E-state index >= 15 is 0 Å². The van der Waals surface area contributed by atoms with Crippen LogP contribution < -0.4 is 0 Å². The van der Waals surface area contributed by atoms with Gasteiger partial charge in [0.15, 0.2) is 0 Å². The first-order valence-corrected chi connectivity index (χ1v) is 8.05. The van der Waals surface area contributed by atoms with Crippen LogP contribution in [0.1, 0.15) is 49.7 Å². The lowest BCUT2D eigenvalue weighted by atomic mass is 9.78. The second-order valence-corrected chi connectivity index (χ2v) is 7.12. The Hall–Kier alpha value is -0.820. The Labute approximate surface area is 116 Å². The predicted octanol–water partition coefficient (Wildman–Crippen LogP) is 3.73. The van der Waals surface area contributed by atoms with Gasteiger partial charge in [-0.3, -0.25) is 0 Å². The summed E-state index contributed by atoms with van der Waals surface area (Å²) in [6.45, 7) is 0. The third-order valence-corrected chi connectivity index (χ3v) is 5.98. The summed E-state index contributed by atoms with van der Waals surface area (Å²) in [6, 6.07) is 8.86. The summed E-state index contributed by atoms with van der Waals surface area (Å²) in [7, 11) is 0. The Morgan fingerprint density at radius 3 is 2.05 bits per heavy atom. The van der Waals surface area contributed by atoms with Crippen molar-refractivity contribution in [2.75, 3.05) is 0 Å². The van der Waals surface area contributed by atoms with E-state index in [1.54, 1.807) is 0 Å². The van der Waals surface area contributed by atoms with E-state index in [1.165, 1.54) is 43.2 Å². The third-order valence-electron chi connectivity index (χ3n) is 5.98. The molecule has 2 unspecified atom stereocenters. The molecule has 3 aliphatic carbocycles. The highest BCUT2D eigenvalue weighted by molar-refractivity contribution is 5.31. The van der Waals surface area contributed by atoms with Crippen LogP contribution >= 0.6 is 0 Å². The van der Waals surface area contributed by atoms with Gasteiger partial charge in [0.05, 0.1) is 5.60 Å². The van der Waals surface area contributed by atoms with E-state index in [-0.39, 0.29) is 5.60 Å². The molecule has 1 aromatic rings. The molecule has 2 bridgehead atoms. The van der Waals surface area contributed by atoms with Crippen LogP contribution in [0.25, 0.3) is 0 Å². The van der Waals surface area contributed by atoms with Gasteiger partial charge in [0.2, 0.25) is 0 Å². The zero-order valence-corrected chi connectivity index (χ0v) is 11.6. The zero-order valence-electron chi connectivity index (χ0n) is 11.6. The molecule has 1 nitrogen and oxygen atoms in total. The normalized spacial score (nSPS) is 36.9. The molecular weight excluding hydrogens is 232 g/mol. The van der Waals surface area contributed by atoms with Crippen molar-refractivity contribution in [1.29, 1.82) is 0 Å². The summed E-state index contributed by atoms with van der Waals surface area (Å²) >= 11 is 0. The molecule has 1 N–H and O–H groups in total. The third kappa shape index (κ3) is 2.03. The minimum atomic E-state index is -0.360. The van der Waals surface area contributed by atoms with E-state index in [4.69, 9.17) is 0 Å².